The SMILES string of the molecule is Cc1cn(-c2cc(NC(=O)c3ccc(C)c(Nc4nccc(-c5cncc(OCCOCCOCCOCCOCCOCCOCCNN(O)[C@H]6C[C@H]7C=C[C@@H]6C7)c5)n4)c3)cc(C(F)(F)F)c2)cn1. The van der Waals surface area contributed by atoms with Crippen molar-refractivity contribution in [1.29, 1.82) is 0 Å². The van der Waals surface area contributed by atoms with Crippen LogP contribution >= 0.6 is 0 Å². The molecule has 0 saturated heterocycles. The van der Waals surface area contributed by atoms with Gasteiger partial charge in [0, 0.05) is 53.3 Å². The van der Waals surface area contributed by atoms with Gasteiger partial charge in [-0.05, 0) is 86.6 Å². The lowest BCUT2D eigenvalue weighted by Gasteiger charge is -2.27. The van der Waals surface area contributed by atoms with Crippen molar-refractivity contribution < 1.29 is 56.3 Å². The number of aryl methyl sites for hydroxylation is 2. The van der Waals surface area contributed by atoms with Crippen molar-refractivity contribution in [3.8, 4) is 22.7 Å². The Kier molecular flexibility index (Phi) is 19.6. The molecule has 1 amide bonds. The molecule has 5 aromatic rings. The maximum Gasteiger partial charge on any atom is 0.416 e. The number of alkyl halides is 3. The van der Waals surface area contributed by atoms with Crippen LogP contribution in [0.2, 0.25) is 0 Å². The maximum absolute atomic E-state index is 13.8. The summed E-state index contributed by atoms with van der Waals surface area (Å²) in [7, 11) is 0. The molecule has 3 aromatic heterocycles. The summed E-state index contributed by atoms with van der Waals surface area (Å²) >= 11 is 0. The number of hydrazine groups is 1. The number of nitrogens with one attached hydrogen (secondary N) is 3. The van der Waals surface area contributed by atoms with E-state index in [1.165, 1.54) is 22.1 Å². The van der Waals surface area contributed by atoms with Crippen molar-refractivity contribution in [3.05, 3.63) is 114 Å². The highest BCUT2D eigenvalue weighted by Gasteiger charge is 2.39. The van der Waals surface area contributed by atoms with Gasteiger partial charge in [-0.3, -0.25) is 15.0 Å². The molecule has 3 atom stereocenters. The molecular weight excluding hydrogens is 916 g/mol. The van der Waals surface area contributed by atoms with E-state index in [0.717, 1.165) is 30.5 Å². The smallest absolute Gasteiger partial charge is 0.416 e. The first kappa shape index (κ1) is 52.0. The zero-order valence-corrected chi connectivity index (χ0v) is 39.2. The highest BCUT2D eigenvalue weighted by molar-refractivity contribution is 6.05. The van der Waals surface area contributed by atoms with Gasteiger partial charge in [-0.15, -0.1) is 5.17 Å². The topological polar surface area (TPSA) is 198 Å². The number of benzene rings is 2. The number of anilines is 3. The normalized spacial score (nSPS) is 16.4. The van der Waals surface area contributed by atoms with Crippen LogP contribution in [0.3, 0.4) is 0 Å². The minimum absolute atomic E-state index is 0.0285. The van der Waals surface area contributed by atoms with E-state index < -0.39 is 17.6 Å². The number of imidazole rings is 1. The first-order valence-electron chi connectivity index (χ1n) is 23.2. The number of amides is 1. The molecule has 0 spiro atoms. The van der Waals surface area contributed by atoms with Crippen LogP contribution in [-0.2, 0) is 34.6 Å². The van der Waals surface area contributed by atoms with Crippen LogP contribution in [0.1, 0.15) is 40.0 Å². The van der Waals surface area contributed by atoms with Crippen LogP contribution in [0.4, 0.5) is 30.5 Å². The van der Waals surface area contributed by atoms with Gasteiger partial charge in [-0.25, -0.2) is 20.4 Å². The van der Waals surface area contributed by atoms with Gasteiger partial charge in [0.2, 0.25) is 5.95 Å². The molecule has 0 unspecified atom stereocenters. The molecule has 2 aromatic carbocycles. The van der Waals surface area contributed by atoms with E-state index in [9.17, 15) is 23.2 Å². The number of carbonyl (C=O) groups excluding carboxylic acids is 1. The molecule has 18 nitrogen and oxygen atoms in total. The number of hydrogen-bond acceptors (Lipinski definition) is 16. The average molecular weight is 976 g/mol. The summed E-state index contributed by atoms with van der Waals surface area (Å²) < 4.78 is 82.2. The van der Waals surface area contributed by atoms with Gasteiger partial charge >= 0.3 is 6.18 Å². The van der Waals surface area contributed by atoms with E-state index in [-0.39, 0.29) is 35.5 Å². The van der Waals surface area contributed by atoms with Gasteiger partial charge in [-0.2, -0.15) is 13.2 Å². The molecule has 376 valence electrons. The number of pyridine rings is 1. The second-order valence-electron chi connectivity index (χ2n) is 16.6. The van der Waals surface area contributed by atoms with Gasteiger partial charge < -0.3 is 48.4 Å². The molecule has 3 heterocycles. The number of nitrogens with zero attached hydrogens (tertiary/aromatic N) is 6. The Morgan fingerprint density at radius 3 is 2.11 bits per heavy atom. The summed E-state index contributed by atoms with van der Waals surface area (Å²) in [5.41, 5.74) is 5.63. The van der Waals surface area contributed by atoms with E-state index in [2.05, 4.69) is 48.1 Å². The highest BCUT2D eigenvalue weighted by Crippen LogP contribution is 2.40. The number of carbonyl (C=O) groups is 1. The standard InChI is InChI=1S/C49H60F3N9O9/c1-34-3-5-38(47(62)57-41-27-40(49(50,51)52)28-42(29-41)60-32-35(2)55-33-60)26-45(34)59-48-54-8-7-44(58-48)39-25-43(31-53-30-39)70-22-21-69-20-19-68-18-17-67-16-15-66-14-13-65-12-11-64-10-9-56-61(63)46-24-36-4-6-37(46)23-36/h3-8,25-33,36-37,46,56,63H,9-24H2,1-2H3,(H,57,62)(H,54,58,59)/t36-,37+,46-/m0/s1. The molecule has 2 aliphatic carbocycles. The summed E-state index contributed by atoms with van der Waals surface area (Å²) in [4.78, 5) is 30.8. The predicted octanol–water partition coefficient (Wildman–Crippen LogP) is 6.99. The third kappa shape index (κ3) is 16.1. The van der Waals surface area contributed by atoms with Crippen LogP contribution in [0, 0.1) is 25.7 Å². The largest absolute Gasteiger partial charge is 0.490 e. The average Bonchev–Trinajstić information content (AvgIpc) is 4.12. The zero-order valence-electron chi connectivity index (χ0n) is 39.2. The lowest BCUT2D eigenvalue weighted by atomic mass is 10.0. The molecule has 7 rings (SSSR count). The van der Waals surface area contributed by atoms with E-state index in [0.29, 0.717) is 126 Å². The third-order valence-electron chi connectivity index (χ3n) is 11.4. The lowest BCUT2D eigenvalue weighted by molar-refractivity contribution is -0.178. The molecule has 21 heteroatoms. The fraction of sp³-hybridized carbons (Fsp3) is 0.449. The molecule has 0 aliphatic heterocycles. The van der Waals surface area contributed by atoms with Crippen molar-refractivity contribution in [2.45, 2.75) is 38.9 Å². The number of hydrogen-bond donors (Lipinski definition) is 4. The quantitative estimate of drug-likeness (QED) is 0.0208. The predicted molar refractivity (Wildman–Crippen MR) is 252 cm³/mol. The van der Waals surface area contributed by atoms with Gasteiger partial charge in [-0.1, -0.05) is 18.2 Å². The Morgan fingerprint density at radius 1 is 0.800 bits per heavy atom. The Labute approximate surface area is 404 Å². The number of hydroxylamine groups is 1. The number of aromatic nitrogens is 5. The fourth-order valence-corrected chi connectivity index (χ4v) is 7.80. The fourth-order valence-electron chi connectivity index (χ4n) is 7.80. The van der Waals surface area contributed by atoms with Crippen molar-refractivity contribution in [1.82, 2.24) is 35.1 Å². The number of fused-ring (bicyclic) bond motifs is 2. The summed E-state index contributed by atoms with van der Waals surface area (Å²) in [5.74, 6) is 1.19. The zero-order chi connectivity index (χ0) is 49.1. The molecular formula is C49H60F3N9O9. The van der Waals surface area contributed by atoms with E-state index in [1.54, 1.807) is 62.0 Å². The monoisotopic (exact) mass is 975 g/mol. The van der Waals surface area contributed by atoms with Crippen LogP contribution in [0.25, 0.3) is 16.9 Å². The second-order valence-corrected chi connectivity index (χ2v) is 16.6. The van der Waals surface area contributed by atoms with Crippen LogP contribution in [0.5, 0.6) is 5.75 Å². The molecule has 1 saturated carbocycles. The van der Waals surface area contributed by atoms with Crippen LogP contribution in [-0.4, -0.2) is 139 Å². The van der Waals surface area contributed by atoms with Gasteiger partial charge in [0.25, 0.3) is 5.91 Å². The second kappa shape index (κ2) is 26.4. The minimum atomic E-state index is -4.64. The van der Waals surface area contributed by atoms with Crippen LogP contribution < -0.4 is 20.8 Å². The number of allylic oxidation sites excluding steroid dienone is 1. The lowest BCUT2D eigenvalue weighted by Crippen LogP contribution is -2.46. The van der Waals surface area contributed by atoms with Crippen molar-refractivity contribution >= 4 is 23.2 Å². The summed E-state index contributed by atoms with van der Waals surface area (Å²) in [6.07, 6.45) is 9.76. The molecule has 2 aliphatic rings. The van der Waals surface area contributed by atoms with Gasteiger partial charge in [0.05, 0.1) is 115 Å². The summed E-state index contributed by atoms with van der Waals surface area (Å²) in [6.45, 7) is 9.63. The van der Waals surface area contributed by atoms with Gasteiger partial charge in [0.15, 0.2) is 0 Å². The van der Waals surface area contributed by atoms with Crippen molar-refractivity contribution in [3.63, 3.8) is 0 Å². The van der Waals surface area contributed by atoms with Crippen molar-refractivity contribution in [2.24, 2.45) is 11.8 Å². The van der Waals surface area contributed by atoms with Crippen molar-refractivity contribution in [2.75, 3.05) is 103 Å². The van der Waals surface area contributed by atoms with E-state index in [4.69, 9.17) is 33.2 Å². The molecule has 0 radical (unpaired) electrons. The van der Waals surface area contributed by atoms with E-state index in [1.807, 2.05) is 6.92 Å². The molecule has 4 N–H and O–H groups in total. The number of ether oxygens (including phenoxy) is 7. The number of halogens is 3. The maximum atomic E-state index is 13.8. The van der Waals surface area contributed by atoms with Gasteiger partial charge in [0.1, 0.15) is 12.4 Å². The third-order valence-corrected chi connectivity index (χ3v) is 11.4. The Balaban J connectivity index is 0.721. The molecule has 70 heavy (non-hydrogen) atoms. The van der Waals surface area contributed by atoms with Crippen LogP contribution in [0.15, 0.2) is 91.8 Å². The first-order chi connectivity index (χ1) is 34.0. The Bertz CT molecular complexity index is 2460. The Morgan fingerprint density at radius 2 is 1.49 bits per heavy atom. The highest BCUT2D eigenvalue weighted by atomic mass is 19.4. The Hall–Kier alpha value is -5.88. The first-order valence-corrected chi connectivity index (χ1v) is 23.2. The minimum Gasteiger partial charge on any atom is -0.490 e. The summed E-state index contributed by atoms with van der Waals surface area (Å²) in [6, 6.07) is 11.9. The molecule has 1 fully saturated rings. The molecule has 2 bridgehead atoms. The summed E-state index contributed by atoms with van der Waals surface area (Å²) in [5, 5.41) is 17.2. The van der Waals surface area contributed by atoms with E-state index >= 15 is 0 Å². The number of rotatable bonds is 30.